The zero-order chi connectivity index (χ0) is 15.0. The summed E-state index contributed by atoms with van der Waals surface area (Å²) >= 11 is 1.76. The molecule has 0 aliphatic carbocycles. The summed E-state index contributed by atoms with van der Waals surface area (Å²) in [4.78, 5) is 14.4. The van der Waals surface area contributed by atoms with Crippen LogP contribution in [0.5, 0.6) is 0 Å². The van der Waals surface area contributed by atoms with Gasteiger partial charge >= 0.3 is 0 Å². The summed E-state index contributed by atoms with van der Waals surface area (Å²) in [6.07, 6.45) is 2.32. The lowest BCUT2D eigenvalue weighted by atomic mass is 10.1. The smallest absolute Gasteiger partial charge is 0.226 e. The lowest BCUT2D eigenvalue weighted by molar-refractivity contribution is 0.625. The lowest BCUT2D eigenvalue weighted by Gasteiger charge is -2.23. The molecule has 1 N–H and O–H groups in total. The number of hydrogen-bond acceptors (Lipinski definition) is 5. The van der Waals surface area contributed by atoms with E-state index in [9.17, 15) is 0 Å². The van der Waals surface area contributed by atoms with Crippen LogP contribution in [0, 0.1) is 12.8 Å². The van der Waals surface area contributed by atoms with Gasteiger partial charge in [0.1, 0.15) is 10.6 Å². The van der Waals surface area contributed by atoms with Crippen LogP contribution in [0.4, 0.5) is 11.8 Å². The van der Waals surface area contributed by atoms with Gasteiger partial charge in [-0.25, -0.2) is 4.98 Å². The Morgan fingerprint density at radius 2 is 2.19 bits per heavy atom. The van der Waals surface area contributed by atoms with Crippen LogP contribution in [0.15, 0.2) is 6.07 Å². The fourth-order valence-corrected chi connectivity index (χ4v) is 4.03. The lowest BCUT2D eigenvalue weighted by Crippen LogP contribution is -2.28. The second kappa shape index (κ2) is 5.79. The second-order valence-corrected chi connectivity index (χ2v) is 7.45. The standard InChI is InChI=1S/C16H24N4S/c1-5-6-17-16-18-14(20-9-10(2)7-11(20)3)13-8-12(4)21-15(13)19-16/h8,10-11H,5-7,9H2,1-4H3,(H,17,18,19). The van der Waals surface area contributed by atoms with Gasteiger partial charge in [-0.1, -0.05) is 13.8 Å². The van der Waals surface area contributed by atoms with Gasteiger partial charge in [0, 0.05) is 24.0 Å². The van der Waals surface area contributed by atoms with Gasteiger partial charge in [0.15, 0.2) is 0 Å². The minimum atomic E-state index is 0.553. The molecule has 2 aromatic rings. The first kappa shape index (κ1) is 14.6. The Labute approximate surface area is 130 Å². The SMILES string of the molecule is CCCNc1nc(N2CC(C)CC2C)c2cc(C)sc2n1. The van der Waals surface area contributed by atoms with E-state index in [4.69, 9.17) is 4.98 Å². The van der Waals surface area contributed by atoms with Gasteiger partial charge in [0.05, 0.1) is 5.39 Å². The maximum atomic E-state index is 4.83. The van der Waals surface area contributed by atoms with E-state index in [0.29, 0.717) is 6.04 Å². The van der Waals surface area contributed by atoms with Crippen LogP contribution < -0.4 is 10.2 Å². The third kappa shape index (κ3) is 2.84. The van der Waals surface area contributed by atoms with Gasteiger partial charge in [-0.15, -0.1) is 11.3 Å². The van der Waals surface area contributed by atoms with Crippen LogP contribution in [0.2, 0.25) is 0 Å². The minimum absolute atomic E-state index is 0.553. The summed E-state index contributed by atoms with van der Waals surface area (Å²) in [6.45, 7) is 10.9. The van der Waals surface area contributed by atoms with E-state index in [1.165, 1.54) is 16.7 Å². The fraction of sp³-hybridized carbons (Fsp3) is 0.625. The van der Waals surface area contributed by atoms with Gasteiger partial charge in [-0.3, -0.25) is 0 Å². The molecule has 0 saturated carbocycles. The van der Waals surface area contributed by atoms with Crippen LogP contribution in [0.1, 0.15) is 38.5 Å². The summed E-state index contributed by atoms with van der Waals surface area (Å²) in [7, 11) is 0. The molecule has 3 rings (SSSR count). The van der Waals surface area contributed by atoms with Crippen LogP contribution in [-0.4, -0.2) is 29.1 Å². The van der Waals surface area contributed by atoms with Crippen molar-refractivity contribution in [3.63, 3.8) is 0 Å². The predicted octanol–water partition coefficient (Wildman–Crippen LogP) is 4.06. The van der Waals surface area contributed by atoms with Crippen molar-refractivity contribution in [3.8, 4) is 0 Å². The zero-order valence-corrected chi connectivity index (χ0v) is 14.1. The Kier molecular flexibility index (Phi) is 4.02. The van der Waals surface area contributed by atoms with E-state index >= 15 is 0 Å². The highest BCUT2D eigenvalue weighted by molar-refractivity contribution is 7.18. The number of nitrogens with one attached hydrogen (secondary N) is 1. The summed E-state index contributed by atoms with van der Waals surface area (Å²) in [6, 6.07) is 2.78. The molecular weight excluding hydrogens is 280 g/mol. The molecule has 114 valence electrons. The summed E-state index contributed by atoms with van der Waals surface area (Å²) in [5.74, 6) is 2.62. The van der Waals surface area contributed by atoms with Crippen molar-refractivity contribution in [2.45, 2.75) is 46.6 Å². The third-order valence-electron chi connectivity index (χ3n) is 4.08. The Hall–Kier alpha value is -1.36. The van der Waals surface area contributed by atoms with Gasteiger partial charge in [-0.05, 0) is 38.7 Å². The molecule has 0 aromatic carbocycles. The number of aromatic nitrogens is 2. The normalized spacial score (nSPS) is 22.2. The molecule has 5 heteroatoms. The first-order valence-corrected chi connectivity index (χ1v) is 8.68. The van der Waals surface area contributed by atoms with E-state index in [1.54, 1.807) is 11.3 Å². The number of hydrogen-bond donors (Lipinski definition) is 1. The second-order valence-electron chi connectivity index (χ2n) is 6.22. The fourth-order valence-electron chi connectivity index (χ4n) is 3.16. The number of nitrogens with zero attached hydrogens (tertiary/aromatic N) is 3. The molecule has 2 unspecified atom stereocenters. The Bertz CT molecular complexity index is 636. The highest BCUT2D eigenvalue weighted by atomic mass is 32.1. The number of thiophene rings is 1. The van der Waals surface area contributed by atoms with E-state index in [0.717, 1.165) is 42.0 Å². The van der Waals surface area contributed by atoms with Crippen molar-refractivity contribution < 1.29 is 0 Å². The van der Waals surface area contributed by atoms with Crippen molar-refractivity contribution in [2.75, 3.05) is 23.3 Å². The maximum Gasteiger partial charge on any atom is 0.226 e. The van der Waals surface area contributed by atoms with Crippen molar-refractivity contribution in [2.24, 2.45) is 5.92 Å². The van der Waals surface area contributed by atoms with E-state index in [2.05, 4.69) is 49.0 Å². The molecule has 1 aliphatic heterocycles. The summed E-state index contributed by atoms with van der Waals surface area (Å²) in [5.41, 5.74) is 0. The molecule has 3 heterocycles. The topological polar surface area (TPSA) is 41.1 Å². The van der Waals surface area contributed by atoms with Crippen LogP contribution in [0.25, 0.3) is 10.2 Å². The average molecular weight is 304 g/mol. The molecule has 1 fully saturated rings. The molecule has 0 amide bonds. The van der Waals surface area contributed by atoms with Gasteiger partial charge in [-0.2, -0.15) is 4.98 Å². The Morgan fingerprint density at radius 3 is 2.86 bits per heavy atom. The largest absolute Gasteiger partial charge is 0.354 e. The molecule has 0 radical (unpaired) electrons. The summed E-state index contributed by atoms with van der Waals surface area (Å²) < 4.78 is 0. The van der Waals surface area contributed by atoms with E-state index in [-0.39, 0.29) is 0 Å². The van der Waals surface area contributed by atoms with Gasteiger partial charge < -0.3 is 10.2 Å². The molecular formula is C16H24N4S. The number of anilines is 2. The summed E-state index contributed by atoms with van der Waals surface area (Å²) in [5, 5.41) is 4.55. The quantitative estimate of drug-likeness (QED) is 0.925. The molecule has 21 heavy (non-hydrogen) atoms. The van der Waals surface area contributed by atoms with Crippen molar-refractivity contribution in [1.82, 2.24) is 9.97 Å². The third-order valence-corrected chi connectivity index (χ3v) is 5.03. The van der Waals surface area contributed by atoms with Crippen molar-refractivity contribution in [3.05, 3.63) is 10.9 Å². The first-order chi connectivity index (χ1) is 10.1. The van der Waals surface area contributed by atoms with Gasteiger partial charge in [0.2, 0.25) is 5.95 Å². The molecule has 0 spiro atoms. The minimum Gasteiger partial charge on any atom is -0.354 e. The van der Waals surface area contributed by atoms with Gasteiger partial charge in [0.25, 0.3) is 0 Å². The molecule has 4 nitrogen and oxygen atoms in total. The van der Waals surface area contributed by atoms with E-state index in [1.807, 2.05) is 0 Å². The highest BCUT2D eigenvalue weighted by Crippen LogP contribution is 2.36. The number of aryl methyl sites for hydroxylation is 1. The molecule has 1 saturated heterocycles. The highest BCUT2D eigenvalue weighted by Gasteiger charge is 2.29. The average Bonchev–Trinajstić information content (AvgIpc) is 2.96. The van der Waals surface area contributed by atoms with Crippen LogP contribution >= 0.6 is 11.3 Å². The predicted molar refractivity (Wildman–Crippen MR) is 91.5 cm³/mol. The Morgan fingerprint density at radius 1 is 1.38 bits per heavy atom. The first-order valence-electron chi connectivity index (χ1n) is 7.87. The molecule has 0 bridgehead atoms. The zero-order valence-electron chi connectivity index (χ0n) is 13.3. The monoisotopic (exact) mass is 304 g/mol. The molecule has 2 aromatic heterocycles. The van der Waals surface area contributed by atoms with Crippen molar-refractivity contribution in [1.29, 1.82) is 0 Å². The van der Waals surface area contributed by atoms with Crippen LogP contribution in [0.3, 0.4) is 0 Å². The van der Waals surface area contributed by atoms with E-state index < -0.39 is 0 Å². The van der Waals surface area contributed by atoms with Crippen LogP contribution in [-0.2, 0) is 0 Å². The number of fused-ring (bicyclic) bond motifs is 1. The van der Waals surface area contributed by atoms with Crippen molar-refractivity contribution >= 4 is 33.3 Å². The Balaban J connectivity index is 2.05. The molecule has 2 atom stereocenters. The maximum absolute atomic E-state index is 4.83. The number of rotatable bonds is 4. The molecule has 1 aliphatic rings.